The van der Waals surface area contributed by atoms with Gasteiger partial charge in [-0.3, -0.25) is 0 Å². The van der Waals surface area contributed by atoms with Gasteiger partial charge in [-0.1, -0.05) is 18.2 Å². The normalized spacial score (nSPS) is 12.0. The summed E-state index contributed by atoms with van der Waals surface area (Å²) in [5.74, 6) is 0.000870. The molecular weight excluding hydrogens is 382 g/mol. The number of para-hydroxylation sites is 1. The first kappa shape index (κ1) is 21.4. The molecule has 0 heterocycles. The van der Waals surface area contributed by atoms with Crippen LogP contribution < -0.4 is 14.2 Å². The Labute approximate surface area is 168 Å². The summed E-state index contributed by atoms with van der Waals surface area (Å²) in [6.45, 7) is 4.85. The van der Waals surface area contributed by atoms with Gasteiger partial charge in [-0.05, 0) is 57.2 Å². The molecule has 1 amide bonds. The summed E-state index contributed by atoms with van der Waals surface area (Å²) in [7, 11) is 0. The van der Waals surface area contributed by atoms with Gasteiger partial charge in [0.25, 0.3) is 0 Å². The van der Waals surface area contributed by atoms with E-state index in [4.69, 9.17) is 13.7 Å². The quantitative estimate of drug-likeness (QED) is 0.638. The maximum Gasteiger partial charge on any atom is 0.408 e. The highest BCUT2D eigenvalue weighted by molar-refractivity contribution is 7.95. The molecule has 0 bridgehead atoms. The highest BCUT2D eigenvalue weighted by atomic mass is 32.2. The minimum atomic E-state index is -1.23. The molecule has 0 radical (unpaired) electrons. The number of carboxylic acids is 1. The predicted octanol–water partition coefficient (Wildman–Crippen LogP) is 4.13. The van der Waals surface area contributed by atoms with Crippen LogP contribution in [0.15, 0.2) is 59.5 Å². The lowest BCUT2D eigenvalue weighted by molar-refractivity contribution is -0.140. The summed E-state index contributed by atoms with van der Waals surface area (Å²) in [5, 5.41) is 11.5. The lowest BCUT2D eigenvalue weighted by Crippen LogP contribution is -2.46. The number of benzene rings is 2. The fourth-order valence-corrected chi connectivity index (χ4v) is 2.52. The molecule has 8 heteroatoms. The standard InChI is InChI=1S/C20H23NO6S/c1-20(2,3)26-19(24)21-17(18(22)23)13-25-14-9-11-16(12-10-14)28-27-15-7-5-4-6-8-15/h4-12,17H,13H2,1-3H3,(H,21,24)(H,22,23)/t17-/m1/s1. The lowest BCUT2D eigenvalue weighted by atomic mass is 10.2. The molecule has 2 aromatic carbocycles. The number of amides is 1. The minimum Gasteiger partial charge on any atom is -0.491 e. The fourth-order valence-electron chi connectivity index (χ4n) is 1.97. The Bertz CT molecular complexity index is 774. The number of alkyl carbamates (subject to hydrolysis) is 1. The molecule has 7 nitrogen and oxygen atoms in total. The maximum atomic E-state index is 11.7. The van der Waals surface area contributed by atoms with Crippen molar-refractivity contribution in [2.24, 2.45) is 0 Å². The molecule has 0 aliphatic rings. The second kappa shape index (κ2) is 9.89. The predicted molar refractivity (Wildman–Crippen MR) is 106 cm³/mol. The van der Waals surface area contributed by atoms with E-state index < -0.39 is 23.7 Å². The summed E-state index contributed by atoms with van der Waals surface area (Å²) in [5.41, 5.74) is -0.719. The van der Waals surface area contributed by atoms with Gasteiger partial charge in [0.1, 0.15) is 23.7 Å². The monoisotopic (exact) mass is 405 g/mol. The van der Waals surface area contributed by atoms with E-state index in [-0.39, 0.29) is 6.61 Å². The summed E-state index contributed by atoms with van der Waals surface area (Å²) >= 11 is 1.20. The van der Waals surface area contributed by atoms with Crippen LogP contribution in [0.5, 0.6) is 11.5 Å². The zero-order valence-electron chi connectivity index (χ0n) is 15.9. The molecule has 1 atom stereocenters. The van der Waals surface area contributed by atoms with Crippen LogP contribution in [0.3, 0.4) is 0 Å². The third-order valence-corrected chi connectivity index (χ3v) is 3.95. The van der Waals surface area contributed by atoms with Crippen LogP contribution in [0.4, 0.5) is 4.79 Å². The highest BCUT2D eigenvalue weighted by Gasteiger charge is 2.24. The Kier molecular flexibility index (Phi) is 7.57. The first-order valence-corrected chi connectivity index (χ1v) is 9.32. The van der Waals surface area contributed by atoms with Crippen LogP contribution in [0, 0.1) is 0 Å². The van der Waals surface area contributed by atoms with Crippen LogP contribution in [0.25, 0.3) is 0 Å². The number of hydrogen-bond acceptors (Lipinski definition) is 6. The first-order chi connectivity index (χ1) is 13.2. The van der Waals surface area contributed by atoms with Crippen molar-refractivity contribution in [2.75, 3.05) is 6.61 Å². The van der Waals surface area contributed by atoms with Gasteiger partial charge >= 0.3 is 12.1 Å². The molecule has 0 aliphatic carbocycles. The zero-order valence-corrected chi connectivity index (χ0v) is 16.7. The number of carbonyl (C=O) groups excluding carboxylic acids is 1. The van der Waals surface area contributed by atoms with Gasteiger partial charge in [0.2, 0.25) is 0 Å². The summed E-state index contributed by atoms with van der Waals surface area (Å²) in [6, 6.07) is 15.1. The van der Waals surface area contributed by atoms with Crippen LogP contribution in [-0.4, -0.2) is 35.4 Å². The fraction of sp³-hybridized carbons (Fsp3) is 0.300. The molecule has 2 rings (SSSR count). The van der Waals surface area contributed by atoms with Crippen molar-refractivity contribution in [1.82, 2.24) is 5.32 Å². The Morgan fingerprint density at radius 2 is 1.68 bits per heavy atom. The number of hydrogen-bond donors (Lipinski definition) is 2. The van der Waals surface area contributed by atoms with Gasteiger partial charge in [-0.15, -0.1) is 0 Å². The van der Waals surface area contributed by atoms with E-state index in [2.05, 4.69) is 5.32 Å². The Balaban J connectivity index is 1.84. The van der Waals surface area contributed by atoms with E-state index in [9.17, 15) is 14.7 Å². The van der Waals surface area contributed by atoms with Gasteiger partial charge in [0.15, 0.2) is 6.04 Å². The van der Waals surface area contributed by atoms with E-state index in [0.29, 0.717) is 5.75 Å². The average molecular weight is 405 g/mol. The average Bonchev–Trinajstić information content (AvgIpc) is 2.63. The molecule has 0 aromatic heterocycles. The van der Waals surface area contributed by atoms with E-state index in [1.54, 1.807) is 45.0 Å². The van der Waals surface area contributed by atoms with Crippen LogP contribution in [-0.2, 0) is 9.53 Å². The summed E-state index contributed by atoms with van der Waals surface area (Å²) in [6.07, 6.45) is -0.812. The summed E-state index contributed by atoms with van der Waals surface area (Å²) < 4.78 is 16.1. The largest absolute Gasteiger partial charge is 0.491 e. The van der Waals surface area contributed by atoms with Crippen molar-refractivity contribution in [3.8, 4) is 11.5 Å². The number of ether oxygens (including phenoxy) is 2. The molecule has 2 aromatic rings. The van der Waals surface area contributed by atoms with Crippen LogP contribution in [0.2, 0.25) is 0 Å². The maximum absolute atomic E-state index is 11.7. The molecule has 0 spiro atoms. The lowest BCUT2D eigenvalue weighted by Gasteiger charge is -2.22. The molecule has 0 saturated carbocycles. The highest BCUT2D eigenvalue weighted by Crippen LogP contribution is 2.25. The van der Waals surface area contributed by atoms with Crippen molar-refractivity contribution in [3.05, 3.63) is 54.6 Å². The van der Waals surface area contributed by atoms with Gasteiger partial charge in [-0.25, -0.2) is 9.59 Å². The smallest absolute Gasteiger partial charge is 0.408 e. The second-order valence-electron chi connectivity index (χ2n) is 6.80. The second-order valence-corrected chi connectivity index (χ2v) is 7.60. The first-order valence-electron chi connectivity index (χ1n) is 8.58. The van der Waals surface area contributed by atoms with Crippen LogP contribution in [0.1, 0.15) is 20.8 Å². The summed E-state index contributed by atoms with van der Waals surface area (Å²) in [4.78, 5) is 23.9. The van der Waals surface area contributed by atoms with Gasteiger partial charge in [-0.2, -0.15) is 0 Å². The third-order valence-electron chi connectivity index (χ3n) is 3.21. The van der Waals surface area contributed by atoms with E-state index >= 15 is 0 Å². The molecule has 0 saturated heterocycles. The number of rotatable bonds is 8. The Morgan fingerprint density at radius 1 is 1.04 bits per heavy atom. The van der Waals surface area contributed by atoms with Gasteiger partial charge < -0.3 is 24.1 Å². The molecular formula is C20H23NO6S. The molecule has 0 fully saturated rings. The zero-order chi connectivity index (χ0) is 20.6. The van der Waals surface area contributed by atoms with Gasteiger partial charge in [0.05, 0.1) is 12.0 Å². The molecule has 150 valence electrons. The van der Waals surface area contributed by atoms with Crippen LogP contribution >= 0.6 is 12.0 Å². The number of aliphatic carboxylic acids is 1. The molecule has 0 unspecified atom stereocenters. The van der Waals surface area contributed by atoms with Crippen molar-refractivity contribution in [2.45, 2.75) is 37.3 Å². The van der Waals surface area contributed by atoms with Crippen molar-refractivity contribution < 1.29 is 28.4 Å². The molecule has 2 N–H and O–H groups in total. The van der Waals surface area contributed by atoms with E-state index in [1.807, 2.05) is 30.3 Å². The van der Waals surface area contributed by atoms with Crippen molar-refractivity contribution >= 4 is 24.1 Å². The van der Waals surface area contributed by atoms with E-state index in [1.165, 1.54) is 12.0 Å². The topological polar surface area (TPSA) is 94.1 Å². The minimum absolute atomic E-state index is 0.235. The number of carbonyl (C=O) groups is 2. The third kappa shape index (κ3) is 7.79. The Hall–Kier alpha value is -2.87. The van der Waals surface area contributed by atoms with Crippen molar-refractivity contribution in [1.29, 1.82) is 0 Å². The Morgan fingerprint density at radius 3 is 2.25 bits per heavy atom. The number of carboxylic acid groups (broad SMARTS) is 1. The SMILES string of the molecule is CC(C)(C)OC(=O)N[C@H](COc1ccc(SOc2ccccc2)cc1)C(=O)O. The van der Waals surface area contributed by atoms with E-state index in [0.717, 1.165) is 10.6 Å². The molecule has 0 aliphatic heterocycles. The number of nitrogens with one attached hydrogen (secondary N) is 1. The molecule has 28 heavy (non-hydrogen) atoms. The van der Waals surface area contributed by atoms with Crippen molar-refractivity contribution in [3.63, 3.8) is 0 Å². The van der Waals surface area contributed by atoms with Gasteiger partial charge in [0, 0.05) is 4.90 Å².